The average molecular weight is 293 g/mol. The highest BCUT2D eigenvalue weighted by molar-refractivity contribution is 5.07. The summed E-state index contributed by atoms with van der Waals surface area (Å²) in [6, 6.07) is 0.993. The Bertz CT molecular complexity index is 409. The molecule has 5 nitrogen and oxygen atoms in total. The molecule has 2 rings (SSSR count). The van der Waals surface area contributed by atoms with Crippen LogP contribution < -0.4 is 5.73 Å². The van der Waals surface area contributed by atoms with Crippen LogP contribution >= 0.6 is 0 Å². The summed E-state index contributed by atoms with van der Waals surface area (Å²) in [5, 5.41) is 0. The molecule has 0 aromatic carbocycles. The van der Waals surface area contributed by atoms with E-state index < -0.39 is 0 Å². The molecule has 0 bridgehead atoms. The summed E-state index contributed by atoms with van der Waals surface area (Å²) in [5.41, 5.74) is 7.36. The molecule has 2 N–H and O–H groups in total. The van der Waals surface area contributed by atoms with Gasteiger partial charge in [-0.3, -0.25) is 9.80 Å². The number of aromatic nitrogens is 2. The monoisotopic (exact) mass is 293 g/mol. The van der Waals surface area contributed by atoms with Crippen molar-refractivity contribution in [2.24, 2.45) is 5.73 Å². The van der Waals surface area contributed by atoms with Crippen molar-refractivity contribution in [1.29, 1.82) is 0 Å². The highest BCUT2D eigenvalue weighted by Gasteiger charge is 2.27. The molecule has 21 heavy (non-hydrogen) atoms. The average Bonchev–Trinajstić information content (AvgIpc) is 2.97. The molecule has 5 heteroatoms. The Morgan fingerprint density at radius 1 is 1.19 bits per heavy atom. The minimum absolute atomic E-state index is 0.304. The number of rotatable bonds is 7. The van der Waals surface area contributed by atoms with Crippen molar-refractivity contribution in [3.63, 3.8) is 0 Å². The molecule has 1 saturated heterocycles. The number of imidazole rings is 1. The second-order valence-corrected chi connectivity index (χ2v) is 6.09. The smallest absolute Gasteiger partial charge is 0.0948 e. The Morgan fingerprint density at radius 3 is 2.43 bits per heavy atom. The number of hydrogen-bond donors (Lipinski definition) is 1. The fourth-order valence-electron chi connectivity index (χ4n) is 3.24. The Labute approximate surface area is 129 Å². The van der Waals surface area contributed by atoms with Crippen molar-refractivity contribution < 1.29 is 0 Å². The van der Waals surface area contributed by atoms with Gasteiger partial charge in [0.25, 0.3) is 0 Å². The largest absolute Gasteiger partial charge is 0.333 e. The van der Waals surface area contributed by atoms with Crippen LogP contribution in [-0.2, 0) is 6.54 Å². The van der Waals surface area contributed by atoms with Gasteiger partial charge in [-0.05, 0) is 19.8 Å². The quantitative estimate of drug-likeness (QED) is 0.831. The molecule has 2 heterocycles. The van der Waals surface area contributed by atoms with Gasteiger partial charge in [0.15, 0.2) is 0 Å². The molecule has 1 fully saturated rings. The third-order valence-electron chi connectivity index (χ3n) is 4.78. The third-order valence-corrected chi connectivity index (χ3v) is 4.78. The first-order valence-electron chi connectivity index (χ1n) is 8.39. The van der Waals surface area contributed by atoms with E-state index in [1.54, 1.807) is 0 Å². The van der Waals surface area contributed by atoms with Gasteiger partial charge in [-0.2, -0.15) is 0 Å². The van der Waals surface area contributed by atoms with E-state index >= 15 is 0 Å². The van der Waals surface area contributed by atoms with Gasteiger partial charge in [0, 0.05) is 51.5 Å². The summed E-state index contributed by atoms with van der Waals surface area (Å²) < 4.78 is 2.26. The van der Waals surface area contributed by atoms with E-state index in [1.807, 2.05) is 12.5 Å². The molecule has 1 aliphatic rings. The van der Waals surface area contributed by atoms with E-state index in [0.29, 0.717) is 18.6 Å². The number of piperazine rings is 1. The summed E-state index contributed by atoms with van der Waals surface area (Å²) in [6.07, 6.45) is 6.29. The second-order valence-electron chi connectivity index (χ2n) is 6.09. The minimum atomic E-state index is 0.304. The lowest BCUT2D eigenvalue weighted by atomic mass is 10.1. The van der Waals surface area contributed by atoms with E-state index in [4.69, 9.17) is 5.73 Å². The standard InChI is InChI=1S/C16H31N5/c1-4-6-21-13-18-12-16(21)15(11-17)20-9-7-19(8-10-20)14(3)5-2/h12-15H,4-11,17H2,1-3H3. The normalized spacial score (nSPS) is 20.6. The number of nitrogens with two attached hydrogens (primary N) is 1. The van der Waals surface area contributed by atoms with Gasteiger partial charge in [-0.1, -0.05) is 13.8 Å². The van der Waals surface area contributed by atoms with Crippen LogP contribution in [0.3, 0.4) is 0 Å². The third kappa shape index (κ3) is 3.84. The van der Waals surface area contributed by atoms with Crippen LogP contribution in [-0.4, -0.2) is 58.1 Å². The van der Waals surface area contributed by atoms with Crippen molar-refractivity contribution in [3.8, 4) is 0 Å². The zero-order valence-electron chi connectivity index (χ0n) is 13.8. The predicted octanol–water partition coefficient (Wildman–Crippen LogP) is 1.71. The van der Waals surface area contributed by atoms with Crippen LogP contribution in [0.1, 0.15) is 45.3 Å². The molecular weight excluding hydrogens is 262 g/mol. The SMILES string of the molecule is CCCn1cncc1C(CN)N1CCN(C(C)CC)CC1. The molecule has 0 saturated carbocycles. The van der Waals surface area contributed by atoms with Crippen LogP contribution in [0.25, 0.3) is 0 Å². The highest BCUT2D eigenvalue weighted by Crippen LogP contribution is 2.22. The van der Waals surface area contributed by atoms with Crippen LogP contribution in [0.5, 0.6) is 0 Å². The highest BCUT2D eigenvalue weighted by atomic mass is 15.3. The zero-order valence-corrected chi connectivity index (χ0v) is 13.8. The Kier molecular flexibility index (Phi) is 6.21. The van der Waals surface area contributed by atoms with Crippen molar-refractivity contribution in [1.82, 2.24) is 19.4 Å². The molecule has 0 aliphatic carbocycles. The lowest BCUT2D eigenvalue weighted by molar-refractivity contribution is 0.0720. The molecule has 120 valence electrons. The van der Waals surface area contributed by atoms with Crippen molar-refractivity contribution >= 4 is 0 Å². The molecule has 1 aromatic rings. The zero-order chi connectivity index (χ0) is 15.2. The first-order valence-corrected chi connectivity index (χ1v) is 8.39. The predicted molar refractivity (Wildman–Crippen MR) is 87.2 cm³/mol. The van der Waals surface area contributed by atoms with Gasteiger partial charge in [-0.25, -0.2) is 4.98 Å². The molecule has 0 spiro atoms. The maximum atomic E-state index is 6.08. The number of nitrogens with zero attached hydrogens (tertiary/aromatic N) is 4. The van der Waals surface area contributed by atoms with Gasteiger partial charge >= 0.3 is 0 Å². The van der Waals surface area contributed by atoms with Crippen LogP contribution in [0.15, 0.2) is 12.5 Å². The van der Waals surface area contributed by atoms with Crippen molar-refractivity contribution in [3.05, 3.63) is 18.2 Å². The van der Waals surface area contributed by atoms with Gasteiger partial charge in [-0.15, -0.1) is 0 Å². The topological polar surface area (TPSA) is 50.3 Å². The van der Waals surface area contributed by atoms with E-state index in [9.17, 15) is 0 Å². The fourth-order valence-corrected chi connectivity index (χ4v) is 3.24. The number of aryl methyl sites for hydroxylation is 1. The van der Waals surface area contributed by atoms with E-state index in [2.05, 4.69) is 40.1 Å². The molecule has 2 unspecified atom stereocenters. The van der Waals surface area contributed by atoms with Crippen LogP contribution in [0.2, 0.25) is 0 Å². The van der Waals surface area contributed by atoms with Gasteiger partial charge in [0.1, 0.15) is 0 Å². The van der Waals surface area contributed by atoms with Gasteiger partial charge in [0.2, 0.25) is 0 Å². The summed E-state index contributed by atoms with van der Waals surface area (Å²) >= 11 is 0. The van der Waals surface area contributed by atoms with E-state index in [1.165, 1.54) is 12.1 Å². The number of hydrogen-bond acceptors (Lipinski definition) is 4. The fraction of sp³-hybridized carbons (Fsp3) is 0.812. The maximum Gasteiger partial charge on any atom is 0.0948 e. The molecule has 2 atom stereocenters. The minimum Gasteiger partial charge on any atom is -0.333 e. The second kappa shape index (κ2) is 7.92. The van der Waals surface area contributed by atoms with E-state index in [-0.39, 0.29) is 0 Å². The van der Waals surface area contributed by atoms with Gasteiger partial charge < -0.3 is 10.3 Å². The summed E-state index contributed by atoms with van der Waals surface area (Å²) in [6.45, 7) is 13.0. The molecule has 0 amide bonds. The van der Waals surface area contributed by atoms with Crippen LogP contribution in [0.4, 0.5) is 0 Å². The lowest BCUT2D eigenvalue weighted by Crippen LogP contribution is -2.51. The summed E-state index contributed by atoms with van der Waals surface area (Å²) in [5.74, 6) is 0. The first-order chi connectivity index (χ1) is 10.2. The Morgan fingerprint density at radius 2 is 1.86 bits per heavy atom. The molecule has 1 aliphatic heterocycles. The molecular formula is C16H31N5. The van der Waals surface area contributed by atoms with Crippen molar-refractivity contribution in [2.45, 2.75) is 52.2 Å². The Balaban J connectivity index is 2.01. The summed E-state index contributed by atoms with van der Waals surface area (Å²) in [4.78, 5) is 9.45. The molecule has 0 radical (unpaired) electrons. The lowest BCUT2D eigenvalue weighted by Gasteiger charge is -2.41. The van der Waals surface area contributed by atoms with E-state index in [0.717, 1.165) is 39.1 Å². The Hall–Kier alpha value is -0.910. The molecule has 1 aromatic heterocycles. The maximum absolute atomic E-state index is 6.08. The van der Waals surface area contributed by atoms with Gasteiger partial charge in [0.05, 0.1) is 18.1 Å². The van der Waals surface area contributed by atoms with Crippen LogP contribution in [0, 0.1) is 0 Å². The van der Waals surface area contributed by atoms with Crippen molar-refractivity contribution in [2.75, 3.05) is 32.7 Å². The first kappa shape index (κ1) is 16.5. The summed E-state index contributed by atoms with van der Waals surface area (Å²) in [7, 11) is 0.